The highest BCUT2D eigenvalue weighted by Gasteiger charge is 2.13. The maximum absolute atomic E-state index is 13.0. The van der Waals surface area contributed by atoms with Crippen LogP contribution in [0.5, 0.6) is 11.5 Å². The van der Waals surface area contributed by atoms with Gasteiger partial charge in [-0.3, -0.25) is 4.79 Å². The van der Waals surface area contributed by atoms with E-state index in [1.54, 1.807) is 25.3 Å². The smallest absolute Gasteiger partial charge is 0.255 e. The number of nitrogens with one attached hydrogen (secondary N) is 1. The van der Waals surface area contributed by atoms with Gasteiger partial charge in [0.05, 0.1) is 7.11 Å². The summed E-state index contributed by atoms with van der Waals surface area (Å²) in [6, 6.07) is 18.7. The molecule has 4 nitrogen and oxygen atoms in total. The average Bonchev–Trinajstić information content (AvgIpc) is 2.73. The van der Waals surface area contributed by atoms with Crippen LogP contribution in [0.25, 0.3) is 0 Å². The van der Waals surface area contributed by atoms with Crippen LogP contribution in [-0.4, -0.2) is 13.0 Å². The van der Waals surface area contributed by atoms with E-state index in [2.05, 4.69) is 19.2 Å². The molecule has 0 aromatic heterocycles. The quantitative estimate of drug-likeness (QED) is 0.553. The van der Waals surface area contributed by atoms with Gasteiger partial charge in [-0.25, -0.2) is 4.39 Å². The highest BCUT2D eigenvalue weighted by Crippen LogP contribution is 2.28. The summed E-state index contributed by atoms with van der Waals surface area (Å²) in [6.45, 7) is 4.50. The molecular formula is C24H24FNO3. The summed E-state index contributed by atoms with van der Waals surface area (Å²) in [4.78, 5) is 12.6. The van der Waals surface area contributed by atoms with Gasteiger partial charge in [-0.2, -0.15) is 0 Å². The molecule has 0 fully saturated rings. The van der Waals surface area contributed by atoms with Gasteiger partial charge >= 0.3 is 0 Å². The molecule has 3 aromatic carbocycles. The Morgan fingerprint density at radius 2 is 1.72 bits per heavy atom. The van der Waals surface area contributed by atoms with Gasteiger partial charge in [-0.15, -0.1) is 0 Å². The van der Waals surface area contributed by atoms with Crippen molar-refractivity contribution < 1.29 is 18.7 Å². The first-order valence-electron chi connectivity index (χ1n) is 9.43. The molecule has 0 atom stereocenters. The standard InChI is InChI=1S/C24H24FNO3/c1-16(2)21-6-4-5-7-23(21)29-15-18-14-17(8-13-22(18)28-3)24(27)26-20-11-9-19(25)10-12-20/h4-14,16H,15H2,1-3H3,(H,26,27). The van der Waals surface area contributed by atoms with Crippen molar-refractivity contribution >= 4 is 11.6 Å². The summed E-state index contributed by atoms with van der Waals surface area (Å²) in [6.07, 6.45) is 0. The number of hydrogen-bond donors (Lipinski definition) is 1. The Kier molecular flexibility index (Phi) is 6.50. The molecule has 29 heavy (non-hydrogen) atoms. The maximum Gasteiger partial charge on any atom is 0.255 e. The van der Waals surface area contributed by atoms with Gasteiger partial charge in [0.1, 0.15) is 23.9 Å². The molecule has 150 valence electrons. The Morgan fingerprint density at radius 3 is 2.41 bits per heavy atom. The molecule has 0 unspecified atom stereocenters. The summed E-state index contributed by atoms with van der Waals surface area (Å²) in [7, 11) is 1.58. The van der Waals surface area contributed by atoms with Gasteiger partial charge in [-0.05, 0) is 60.0 Å². The second kappa shape index (κ2) is 9.24. The van der Waals surface area contributed by atoms with Gasteiger partial charge in [0, 0.05) is 16.8 Å². The molecule has 1 amide bonds. The van der Waals surface area contributed by atoms with Crippen molar-refractivity contribution in [3.63, 3.8) is 0 Å². The van der Waals surface area contributed by atoms with Gasteiger partial charge in [0.2, 0.25) is 0 Å². The monoisotopic (exact) mass is 393 g/mol. The van der Waals surface area contributed by atoms with Crippen molar-refractivity contribution in [2.75, 3.05) is 12.4 Å². The number of methoxy groups -OCH3 is 1. The van der Waals surface area contributed by atoms with Crippen LogP contribution < -0.4 is 14.8 Å². The van der Waals surface area contributed by atoms with Crippen LogP contribution in [-0.2, 0) is 6.61 Å². The maximum atomic E-state index is 13.0. The van der Waals surface area contributed by atoms with Crippen LogP contribution in [0, 0.1) is 5.82 Å². The zero-order valence-corrected chi connectivity index (χ0v) is 16.7. The van der Waals surface area contributed by atoms with E-state index >= 15 is 0 Å². The highest BCUT2D eigenvalue weighted by molar-refractivity contribution is 6.04. The third-order valence-electron chi connectivity index (χ3n) is 4.57. The van der Waals surface area contributed by atoms with Crippen molar-refractivity contribution in [1.29, 1.82) is 0 Å². The topological polar surface area (TPSA) is 47.6 Å². The SMILES string of the molecule is COc1ccc(C(=O)Nc2ccc(F)cc2)cc1COc1ccccc1C(C)C. The van der Waals surface area contributed by atoms with E-state index in [1.807, 2.05) is 24.3 Å². The van der Waals surface area contributed by atoms with Crippen molar-refractivity contribution in [3.05, 3.63) is 89.2 Å². The van der Waals surface area contributed by atoms with E-state index in [0.29, 0.717) is 22.9 Å². The van der Waals surface area contributed by atoms with E-state index in [4.69, 9.17) is 9.47 Å². The number of hydrogen-bond acceptors (Lipinski definition) is 3. The van der Waals surface area contributed by atoms with E-state index < -0.39 is 0 Å². The van der Waals surface area contributed by atoms with E-state index in [-0.39, 0.29) is 18.3 Å². The zero-order chi connectivity index (χ0) is 20.8. The number of amides is 1. The van der Waals surface area contributed by atoms with Crippen LogP contribution in [0.1, 0.15) is 41.3 Å². The number of benzene rings is 3. The van der Waals surface area contributed by atoms with Crippen LogP contribution in [0.3, 0.4) is 0 Å². The van der Waals surface area contributed by atoms with E-state index in [0.717, 1.165) is 16.9 Å². The molecule has 5 heteroatoms. The van der Waals surface area contributed by atoms with Crippen LogP contribution in [0.2, 0.25) is 0 Å². The Balaban J connectivity index is 1.78. The minimum absolute atomic E-state index is 0.268. The minimum Gasteiger partial charge on any atom is -0.496 e. The van der Waals surface area contributed by atoms with Gasteiger partial charge in [-0.1, -0.05) is 32.0 Å². The Morgan fingerprint density at radius 1 is 1.00 bits per heavy atom. The summed E-state index contributed by atoms with van der Waals surface area (Å²) in [5, 5.41) is 2.76. The first-order valence-corrected chi connectivity index (χ1v) is 9.43. The molecule has 0 aliphatic carbocycles. The largest absolute Gasteiger partial charge is 0.496 e. The molecule has 0 bridgehead atoms. The molecule has 1 N–H and O–H groups in total. The number of carbonyl (C=O) groups excluding carboxylic acids is 1. The molecule has 0 saturated carbocycles. The molecule has 3 rings (SSSR count). The third kappa shape index (κ3) is 5.13. The predicted octanol–water partition coefficient (Wildman–Crippen LogP) is 5.79. The molecule has 0 aliphatic rings. The van der Waals surface area contributed by atoms with Gasteiger partial charge in [0.25, 0.3) is 5.91 Å². The Hall–Kier alpha value is -3.34. The molecule has 0 radical (unpaired) electrons. The second-order valence-corrected chi connectivity index (χ2v) is 6.97. The van der Waals surface area contributed by atoms with Gasteiger partial charge in [0.15, 0.2) is 0 Å². The molecule has 3 aromatic rings. The van der Waals surface area contributed by atoms with E-state index in [9.17, 15) is 9.18 Å². The fourth-order valence-electron chi connectivity index (χ4n) is 3.01. The first kappa shape index (κ1) is 20.4. The lowest BCUT2D eigenvalue weighted by atomic mass is 10.0. The van der Waals surface area contributed by atoms with Crippen molar-refractivity contribution in [3.8, 4) is 11.5 Å². The minimum atomic E-state index is -0.353. The zero-order valence-electron chi connectivity index (χ0n) is 16.7. The molecule has 0 heterocycles. The lowest BCUT2D eigenvalue weighted by molar-refractivity contribution is 0.102. The van der Waals surface area contributed by atoms with Gasteiger partial charge < -0.3 is 14.8 Å². The molecule has 0 saturated heterocycles. The summed E-state index contributed by atoms with van der Waals surface area (Å²) in [5.74, 6) is 1.15. The fraction of sp³-hybridized carbons (Fsp3) is 0.208. The highest BCUT2D eigenvalue weighted by atomic mass is 19.1. The lowest BCUT2D eigenvalue weighted by Gasteiger charge is -2.16. The second-order valence-electron chi connectivity index (χ2n) is 6.97. The van der Waals surface area contributed by atoms with Crippen LogP contribution in [0.4, 0.5) is 10.1 Å². The number of anilines is 1. The Bertz CT molecular complexity index is 984. The fourth-order valence-corrected chi connectivity index (χ4v) is 3.01. The van der Waals surface area contributed by atoms with Crippen LogP contribution in [0.15, 0.2) is 66.7 Å². The number of carbonyl (C=O) groups is 1. The third-order valence-corrected chi connectivity index (χ3v) is 4.57. The normalized spacial score (nSPS) is 10.7. The average molecular weight is 393 g/mol. The Labute approximate surface area is 170 Å². The number of halogens is 1. The van der Waals surface area contributed by atoms with Crippen molar-refractivity contribution in [1.82, 2.24) is 0 Å². The first-order chi connectivity index (χ1) is 14.0. The summed E-state index contributed by atoms with van der Waals surface area (Å²) < 4.78 is 24.5. The van der Waals surface area contributed by atoms with Crippen molar-refractivity contribution in [2.24, 2.45) is 0 Å². The summed E-state index contributed by atoms with van der Waals surface area (Å²) >= 11 is 0. The predicted molar refractivity (Wildman–Crippen MR) is 112 cm³/mol. The summed E-state index contributed by atoms with van der Waals surface area (Å²) in [5.41, 5.74) is 2.87. The molecule has 0 spiro atoms. The van der Waals surface area contributed by atoms with Crippen LogP contribution >= 0.6 is 0 Å². The molecular weight excluding hydrogens is 369 g/mol. The van der Waals surface area contributed by atoms with E-state index in [1.165, 1.54) is 24.3 Å². The van der Waals surface area contributed by atoms with Crippen molar-refractivity contribution in [2.45, 2.75) is 26.4 Å². The number of para-hydroxylation sites is 1. The number of rotatable bonds is 7. The number of ether oxygens (including phenoxy) is 2. The lowest BCUT2D eigenvalue weighted by Crippen LogP contribution is -2.13. The molecule has 0 aliphatic heterocycles.